The summed E-state index contributed by atoms with van der Waals surface area (Å²) in [6.07, 6.45) is -12.4. The number of amides is 1. The zero-order chi connectivity index (χ0) is 27.0. The molecule has 1 atom stereocenters. The topological polar surface area (TPSA) is 75.6 Å². The maximum Gasteiger partial charge on any atom is 0.416 e. The summed E-state index contributed by atoms with van der Waals surface area (Å²) < 4.78 is 84.9. The van der Waals surface area contributed by atoms with Gasteiger partial charge in [0, 0.05) is 5.92 Å². The molecule has 0 bridgehead atoms. The van der Waals surface area contributed by atoms with Crippen LogP contribution in [-0.4, -0.2) is 23.8 Å². The molecule has 0 fully saturated rings. The van der Waals surface area contributed by atoms with Crippen LogP contribution in [-0.2, 0) is 21.9 Å². The van der Waals surface area contributed by atoms with Gasteiger partial charge in [-0.2, -0.15) is 26.3 Å². The lowest BCUT2D eigenvalue weighted by atomic mass is 9.97. The number of ether oxygens (including phenoxy) is 1. The molecule has 1 aliphatic carbocycles. The molecule has 4 rings (SSSR count). The van der Waals surface area contributed by atoms with Crippen LogP contribution in [0, 0.1) is 0 Å². The van der Waals surface area contributed by atoms with Gasteiger partial charge in [0.1, 0.15) is 6.61 Å². The first-order chi connectivity index (χ1) is 17.3. The van der Waals surface area contributed by atoms with Crippen molar-refractivity contribution in [1.29, 1.82) is 0 Å². The Labute approximate surface area is 206 Å². The standard InChI is InChI=1S/C26H19F6NO4/c27-25(28,29)15-9-14(10-16(11-15)26(30,31)32)22(12-23(34)35)33-24(36)37-13-21-19-7-3-1-5-17(19)18-6-2-4-8-20(18)21/h1-11,21-22H,12-13H2,(H,33,36)(H,34,35)/t22-/m0/s1. The molecular weight excluding hydrogens is 504 g/mol. The first kappa shape index (κ1) is 26.1. The molecule has 194 valence electrons. The van der Waals surface area contributed by atoms with Gasteiger partial charge in [-0.3, -0.25) is 4.79 Å². The Kier molecular flexibility index (Phi) is 6.90. The van der Waals surface area contributed by atoms with Gasteiger partial charge in [-0.1, -0.05) is 48.5 Å². The number of benzene rings is 3. The van der Waals surface area contributed by atoms with Crippen molar-refractivity contribution in [3.8, 4) is 11.1 Å². The number of halogens is 6. The van der Waals surface area contributed by atoms with Crippen LogP contribution in [0.25, 0.3) is 11.1 Å². The molecule has 0 spiro atoms. The highest BCUT2D eigenvalue weighted by Gasteiger charge is 2.38. The molecule has 0 radical (unpaired) electrons. The van der Waals surface area contributed by atoms with E-state index in [9.17, 15) is 41.0 Å². The predicted octanol–water partition coefficient (Wildman–Crippen LogP) is 6.78. The Morgan fingerprint density at radius 1 is 0.838 bits per heavy atom. The summed E-state index contributed by atoms with van der Waals surface area (Å²) in [6.45, 7) is -0.184. The summed E-state index contributed by atoms with van der Waals surface area (Å²) in [5.74, 6) is -1.91. The predicted molar refractivity (Wildman–Crippen MR) is 120 cm³/mol. The Hall–Kier alpha value is -4.02. The second kappa shape index (κ2) is 9.79. The zero-order valence-electron chi connectivity index (χ0n) is 18.9. The van der Waals surface area contributed by atoms with Gasteiger partial charge in [0.05, 0.1) is 23.6 Å². The van der Waals surface area contributed by atoms with E-state index in [-0.39, 0.29) is 18.6 Å². The minimum absolute atomic E-state index is 0.0748. The number of carbonyl (C=O) groups is 2. The van der Waals surface area contributed by atoms with Gasteiger partial charge >= 0.3 is 24.4 Å². The number of fused-ring (bicyclic) bond motifs is 3. The quantitative estimate of drug-likeness (QED) is 0.350. The minimum Gasteiger partial charge on any atom is -0.481 e. The van der Waals surface area contributed by atoms with Crippen molar-refractivity contribution in [3.05, 3.63) is 94.5 Å². The third kappa shape index (κ3) is 5.71. The minimum atomic E-state index is -5.13. The van der Waals surface area contributed by atoms with Crippen LogP contribution in [0.4, 0.5) is 31.1 Å². The van der Waals surface area contributed by atoms with E-state index in [0.717, 1.165) is 22.3 Å². The van der Waals surface area contributed by atoms with Gasteiger partial charge in [-0.25, -0.2) is 4.79 Å². The van der Waals surface area contributed by atoms with E-state index in [1.54, 1.807) is 0 Å². The summed E-state index contributed by atoms with van der Waals surface area (Å²) in [5.41, 5.74) is -0.265. The number of nitrogens with one attached hydrogen (secondary N) is 1. The molecular formula is C26H19F6NO4. The van der Waals surface area contributed by atoms with Crippen molar-refractivity contribution in [2.75, 3.05) is 6.61 Å². The number of rotatable bonds is 6. The van der Waals surface area contributed by atoms with E-state index in [4.69, 9.17) is 4.74 Å². The molecule has 1 aliphatic rings. The SMILES string of the molecule is O=C(O)C[C@H](NC(=O)OCC1c2ccccc2-c2ccccc21)c1cc(C(F)(F)F)cc(C(F)(F)F)c1. The number of carboxylic acid groups (broad SMARTS) is 1. The van der Waals surface area contributed by atoms with Gasteiger partial charge in [0.2, 0.25) is 0 Å². The lowest BCUT2D eigenvalue weighted by Gasteiger charge is -2.21. The van der Waals surface area contributed by atoms with Crippen LogP contribution in [0.5, 0.6) is 0 Å². The smallest absolute Gasteiger partial charge is 0.416 e. The summed E-state index contributed by atoms with van der Waals surface area (Å²) in [6, 6.07) is 13.8. The van der Waals surface area contributed by atoms with Gasteiger partial charge in [-0.15, -0.1) is 0 Å². The molecule has 3 aromatic carbocycles. The summed E-state index contributed by atoms with van der Waals surface area (Å²) in [4.78, 5) is 23.9. The second-order valence-corrected chi connectivity index (χ2v) is 8.46. The van der Waals surface area contributed by atoms with E-state index in [0.29, 0.717) is 12.1 Å². The van der Waals surface area contributed by atoms with Crippen molar-refractivity contribution in [3.63, 3.8) is 0 Å². The molecule has 0 saturated carbocycles. The Bertz CT molecular complexity index is 1260. The van der Waals surface area contributed by atoms with E-state index >= 15 is 0 Å². The highest BCUT2D eigenvalue weighted by Crippen LogP contribution is 2.44. The third-order valence-corrected chi connectivity index (χ3v) is 6.03. The molecule has 1 amide bonds. The van der Waals surface area contributed by atoms with Gasteiger partial charge in [0.15, 0.2) is 0 Å². The number of carboxylic acids is 1. The number of alkyl halides is 6. The maximum absolute atomic E-state index is 13.3. The third-order valence-electron chi connectivity index (χ3n) is 6.03. The summed E-state index contributed by atoms with van der Waals surface area (Å²) in [5, 5.41) is 11.3. The average molecular weight is 523 g/mol. The van der Waals surface area contributed by atoms with Crippen LogP contribution in [0.1, 0.15) is 46.2 Å². The summed E-state index contributed by atoms with van der Waals surface area (Å²) >= 11 is 0. The fraction of sp³-hybridized carbons (Fsp3) is 0.231. The van der Waals surface area contributed by atoms with Crippen molar-refractivity contribution in [2.24, 2.45) is 0 Å². The Balaban J connectivity index is 1.57. The number of alkyl carbamates (subject to hydrolysis) is 1. The van der Waals surface area contributed by atoms with E-state index in [1.807, 2.05) is 48.5 Å². The van der Waals surface area contributed by atoms with Gasteiger partial charge in [-0.05, 0) is 46.0 Å². The Morgan fingerprint density at radius 3 is 1.78 bits per heavy atom. The number of hydrogen-bond acceptors (Lipinski definition) is 3. The molecule has 37 heavy (non-hydrogen) atoms. The van der Waals surface area contributed by atoms with Crippen LogP contribution in [0.15, 0.2) is 66.7 Å². The molecule has 5 nitrogen and oxygen atoms in total. The highest BCUT2D eigenvalue weighted by molar-refractivity contribution is 5.79. The molecule has 0 aliphatic heterocycles. The van der Waals surface area contributed by atoms with Crippen molar-refractivity contribution in [1.82, 2.24) is 5.32 Å². The Morgan fingerprint density at radius 2 is 1.32 bits per heavy atom. The van der Waals surface area contributed by atoms with E-state index < -0.39 is 53.6 Å². The van der Waals surface area contributed by atoms with E-state index in [1.165, 1.54) is 0 Å². The largest absolute Gasteiger partial charge is 0.481 e. The molecule has 11 heteroatoms. The number of hydrogen-bond donors (Lipinski definition) is 2. The zero-order valence-corrected chi connectivity index (χ0v) is 18.9. The molecule has 0 saturated heterocycles. The van der Waals surface area contributed by atoms with Crippen molar-refractivity contribution < 1.29 is 45.8 Å². The monoisotopic (exact) mass is 523 g/mol. The lowest BCUT2D eigenvalue weighted by Crippen LogP contribution is -2.32. The van der Waals surface area contributed by atoms with Crippen molar-refractivity contribution >= 4 is 12.1 Å². The number of aliphatic carboxylic acids is 1. The average Bonchev–Trinajstić information content (AvgIpc) is 3.14. The molecule has 2 N–H and O–H groups in total. The maximum atomic E-state index is 13.3. The highest BCUT2D eigenvalue weighted by atomic mass is 19.4. The van der Waals surface area contributed by atoms with Crippen LogP contribution in [0.2, 0.25) is 0 Å². The molecule has 0 aromatic heterocycles. The van der Waals surface area contributed by atoms with Gasteiger partial charge < -0.3 is 15.2 Å². The van der Waals surface area contributed by atoms with E-state index in [2.05, 4.69) is 5.32 Å². The lowest BCUT2D eigenvalue weighted by molar-refractivity contribution is -0.143. The van der Waals surface area contributed by atoms with Crippen LogP contribution in [0.3, 0.4) is 0 Å². The summed E-state index contributed by atoms with van der Waals surface area (Å²) in [7, 11) is 0. The fourth-order valence-electron chi connectivity index (χ4n) is 4.39. The van der Waals surface area contributed by atoms with Crippen molar-refractivity contribution in [2.45, 2.75) is 30.7 Å². The molecule has 3 aromatic rings. The van der Waals surface area contributed by atoms with Gasteiger partial charge in [0.25, 0.3) is 0 Å². The van der Waals surface area contributed by atoms with Crippen LogP contribution >= 0.6 is 0 Å². The second-order valence-electron chi connectivity index (χ2n) is 8.46. The molecule has 0 unspecified atom stereocenters. The first-order valence-electron chi connectivity index (χ1n) is 11.0. The van der Waals surface area contributed by atoms with Crippen LogP contribution < -0.4 is 5.32 Å². The molecule has 0 heterocycles. The number of carbonyl (C=O) groups excluding carboxylic acids is 1. The fourth-order valence-corrected chi connectivity index (χ4v) is 4.39. The first-order valence-corrected chi connectivity index (χ1v) is 11.0. The normalized spacial score (nSPS) is 14.0.